The SMILES string of the molecule is O=C(NC1CCCCC1)[C@@H](Cc1ccccc1)N(Cc1ccccc1)C(=O)Cc1ccc(Cl)cc1Cl. The number of rotatable bonds is 9. The Balaban J connectivity index is 1.65. The summed E-state index contributed by atoms with van der Waals surface area (Å²) in [4.78, 5) is 29.3. The van der Waals surface area contributed by atoms with Gasteiger partial charge in [0.05, 0.1) is 6.42 Å². The van der Waals surface area contributed by atoms with Gasteiger partial charge in [0, 0.05) is 29.1 Å². The van der Waals surface area contributed by atoms with Crippen molar-refractivity contribution in [3.05, 3.63) is 106 Å². The molecule has 1 saturated carbocycles. The first-order valence-electron chi connectivity index (χ1n) is 12.6. The van der Waals surface area contributed by atoms with E-state index < -0.39 is 6.04 Å². The Morgan fingerprint density at radius 2 is 1.50 bits per heavy atom. The molecule has 36 heavy (non-hydrogen) atoms. The van der Waals surface area contributed by atoms with Crippen molar-refractivity contribution in [2.45, 2.75) is 63.6 Å². The van der Waals surface area contributed by atoms with Gasteiger partial charge in [0.25, 0.3) is 0 Å². The average Bonchev–Trinajstić information content (AvgIpc) is 2.89. The molecule has 1 fully saturated rings. The Bertz CT molecular complexity index is 1150. The molecular weight excluding hydrogens is 491 g/mol. The van der Waals surface area contributed by atoms with Crippen LogP contribution in [-0.2, 0) is 29.0 Å². The van der Waals surface area contributed by atoms with Crippen molar-refractivity contribution < 1.29 is 9.59 Å². The maximum absolute atomic E-state index is 13.8. The van der Waals surface area contributed by atoms with Crippen LogP contribution in [0.4, 0.5) is 0 Å². The minimum Gasteiger partial charge on any atom is -0.352 e. The molecule has 0 radical (unpaired) electrons. The van der Waals surface area contributed by atoms with Crippen LogP contribution in [0.2, 0.25) is 10.0 Å². The van der Waals surface area contributed by atoms with Crippen LogP contribution in [0, 0.1) is 0 Å². The number of halogens is 2. The van der Waals surface area contributed by atoms with Gasteiger partial charge in [0.2, 0.25) is 11.8 Å². The van der Waals surface area contributed by atoms with E-state index in [4.69, 9.17) is 23.2 Å². The van der Waals surface area contributed by atoms with Crippen LogP contribution < -0.4 is 5.32 Å². The number of carbonyl (C=O) groups is 2. The topological polar surface area (TPSA) is 49.4 Å². The Morgan fingerprint density at radius 1 is 0.861 bits per heavy atom. The third kappa shape index (κ3) is 7.35. The first-order valence-corrected chi connectivity index (χ1v) is 13.4. The Labute approximate surface area is 223 Å². The van der Waals surface area contributed by atoms with E-state index in [-0.39, 0.29) is 24.3 Å². The average molecular weight is 524 g/mol. The van der Waals surface area contributed by atoms with E-state index in [2.05, 4.69) is 5.32 Å². The van der Waals surface area contributed by atoms with Gasteiger partial charge in [0.15, 0.2) is 0 Å². The van der Waals surface area contributed by atoms with Gasteiger partial charge < -0.3 is 10.2 Å². The van der Waals surface area contributed by atoms with Crippen molar-refractivity contribution in [1.82, 2.24) is 10.2 Å². The number of hydrogen-bond donors (Lipinski definition) is 1. The van der Waals surface area contributed by atoms with Crippen LogP contribution in [0.15, 0.2) is 78.9 Å². The fourth-order valence-corrected chi connectivity index (χ4v) is 5.28. The Kier molecular flexibility index (Phi) is 9.43. The summed E-state index contributed by atoms with van der Waals surface area (Å²) in [6.07, 6.45) is 5.94. The summed E-state index contributed by atoms with van der Waals surface area (Å²) in [5.41, 5.74) is 2.67. The van der Waals surface area contributed by atoms with Gasteiger partial charge in [-0.3, -0.25) is 9.59 Å². The summed E-state index contributed by atoms with van der Waals surface area (Å²) in [6.45, 7) is 0.334. The van der Waals surface area contributed by atoms with E-state index in [1.807, 2.05) is 60.7 Å². The van der Waals surface area contributed by atoms with Crippen molar-refractivity contribution in [1.29, 1.82) is 0 Å². The fraction of sp³-hybridized carbons (Fsp3) is 0.333. The number of nitrogens with one attached hydrogen (secondary N) is 1. The second-order valence-corrected chi connectivity index (χ2v) is 10.3. The van der Waals surface area contributed by atoms with Gasteiger partial charge in [-0.05, 0) is 41.7 Å². The second-order valence-electron chi connectivity index (χ2n) is 9.47. The number of amides is 2. The normalized spacial score (nSPS) is 14.7. The molecule has 4 rings (SSSR count). The fourth-order valence-electron chi connectivity index (χ4n) is 4.81. The number of benzene rings is 3. The number of carbonyl (C=O) groups excluding carboxylic acids is 2. The van der Waals surface area contributed by atoms with Crippen molar-refractivity contribution in [3.8, 4) is 0 Å². The van der Waals surface area contributed by atoms with Gasteiger partial charge >= 0.3 is 0 Å². The van der Waals surface area contributed by atoms with Crippen LogP contribution in [0.3, 0.4) is 0 Å². The highest BCUT2D eigenvalue weighted by molar-refractivity contribution is 6.35. The molecule has 0 bridgehead atoms. The van der Waals surface area contributed by atoms with Crippen molar-refractivity contribution in [3.63, 3.8) is 0 Å². The van der Waals surface area contributed by atoms with E-state index in [0.717, 1.165) is 36.8 Å². The minimum atomic E-state index is -0.645. The Morgan fingerprint density at radius 3 is 2.14 bits per heavy atom. The highest BCUT2D eigenvalue weighted by atomic mass is 35.5. The van der Waals surface area contributed by atoms with Crippen LogP contribution >= 0.6 is 23.2 Å². The lowest BCUT2D eigenvalue weighted by Crippen LogP contribution is -2.53. The highest BCUT2D eigenvalue weighted by Crippen LogP contribution is 2.24. The maximum atomic E-state index is 13.8. The summed E-state index contributed by atoms with van der Waals surface area (Å²) in [6, 6.07) is 24.3. The van der Waals surface area contributed by atoms with Gasteiger partial charge in [-0.15, -0.1) is 0 Å². The second kappa shape index (κ2) is 12.9. The molecule has 1 N–H and O–H groups in total. The molecule has 3 aromatic carbocycles. The molecule has 2 amide bonds. The zero-order valence-corrected chi connectivity index (χ0v) is 21.8. The molecule has 4 nitrogen and oxygen atoms in total. The highest BCUT2D eigenvalue weighted by Gasteiger charge is 2.32. The van der Waals surface area contributed by atoms with E-state index >= 15 is 0 Å². The lowest BCUT2D eigenvalue weighted by atomic mass is 9.94. The largest absolute Gasteiger partial charge is 0.352 e. The lowest BCUT2D eigenvalue weighted by molar-refractivity contribution is -0.141. The first-order chi connectivity index (χ1) is 17.5. The summed E-state index contributed by atoms with van der Waals surface area (Å²) >= 11 is 12.5. The quantitative estimate of drug-likeness (QED) is 0.343. The van der Waals surface area contributed by atoms with Gasteiger partial charge in [-0.1, -0.05) is 109 Å². The standard InChI is InChI=1S/C30H32Cl2N2O2/c31-25-17-16-24(27(32)20-25)19-29(35)34(21-23-12-6-2-7-13-23)28(18-22-10-4-1-5-11-22)30(36)33-26-14-8-3-9-15-26/h1-2,4-7,10-13,16-17,20,26,28H,3,8-9,14-15,18-19,21H2,(H,33,36)/t28-/m1/s1. The molecule has 0 unspecified atom stereocenters. The van der Waals surface area contributed by atoms with E-state index in [9.17, 15) is 9.59 Å². The zero-order chi connectivity index (χ0) is 25.3. The summed E-state index contributed by atoms with van der Waals surface area (Å²) in [5.74, 6) is -0.250. The van der Waals surface area contributed by atoms with E-state index in [1.54, 1.807) is 23.1 Å². The molecular formula is C30H32Cl2N2O2. The predicted octanol–water partition coefficient (Wildman–Crippen LogP) is 6.62. The van der Waals surface area contributed by atoms with Crippen molar-refractivity contribution in [2.24, 2.45) is 0 Å². The monoisotopic (exact) mass is 522 g/mol. The molecule has 1 atom stereocenters. The third-order valence-electron chi connectivity index (χ3n) is 6.78. The summed E-state index contributed by atoms with van der Waals surface area (Å²) in [5, 5.41) is 4.23. The minimum absolute atomic E-state index is 0.0881. The first kappa shape index (κ1) is 26.2. The molecule has 0 spiro atoms. The maximum Gasteiger partial charge on any atom is 0.243 e. The smallest absolute Gasteiger partial charge is 0.243 e. The van der Waals surface area contributed by atoms with Crippen LogP contribution in [0.5, 0.6) is 0 Å². The van der Waals surface area contributed by atoms with Gasteiger partial charge in [0.1, 0.15) is 6.04 Å². The Hall–Kier alpha value is -2.82. The number of nitrogens with zero attached hydrogens (tertiary/aromatic N) is 1. The summed E-state index contributed by atoms with van der Waals surface area (Å²) < 4.78 is 0. The predicted molar refractivity (Wildman–Crippen MR) is 146 cm³/mol. The molecule has 1 aliphatic carbocycles. The van der Waals surface area contributed by atoms with Crippen LogP contribution in [0.25, 0.3) is 0 Å². The van der Waals surface area contributed by atoms with Gasteiger partial charge in [-0.25, -0.2) is 0 Å². The zero-order valence-electron chi connectivity index (χ0n) is 20.3. The molecule has 3 aromatic rings. The molecule has 188 valence electrons. The molecule has 0 heterocycles. The number of hydrogen-bond acceptors (Lipinski definition) is 2. The summed E-state index contributed by atoms with van der Waals surface area (Å²) in [7, 11) is 0. The molecule has 0 saturated heterocycles. The molecule has 0 aliphatic heterocycles. The van der Waals surface area contributed by atoms with E-state index in [1.165, 1.54) is 6.42 Å². The molecule has 6 heteroatoms. The third-order valence-corrected chi connectivity index (χ3v) is 7.36. The van der Waals surface area contributed by atoms with Crippen LogP contribution in [0.1, 0.15) is 48.8 Å². The van der Waals surface area contributed by atoms with Crippen molar-refractivity contribution >= 4 is 35.0 Å². The molecule has 1 aliphatic rings. The molecule has 0 aromatic heterocycles. The van der Waals surface area contributed by atoms with Crippen molar-refractivity contribution in [2.75, 3.05) is 0 Å². The van der Waals surface area contributed by atoms with Gasteiger partial charge in [-0.2, -0.15) is 0 Å². The van der Waals surface area contributed by atoms with E-state index in [0.29, 0.717) is 28.6 Å². The lowest BCUT2D eigenvalue weighted by Gasteiger charge is -2.33. The van der Waals surface area contributed by atoms with Crippen LogP contribution in [-0.4, -0.2) is 28.8 Å².